The van der Waals surface area contributed by atoms with Crippen LogP contribution in [-0.2, 0) is 6.42 Å². The molecular formula is C11H13N3O. The van der Waals surface area contributed by atoms with Gasteiger partial charge in [0.05, 0.1) is 5.52 Å². The molecule has 2 aromatic rings. The van der Waals surface area contributed by atoms with E-state index in [4.69, 9.17) is 5.73 Å². The molecule has 0 aliphatic heterocycles. The molecule has 0 aliphatic rings. The summed E-state index contributed by atoms with van der Waals surface area (Å²) in [5.41, 5.74) is 7.26. The van der Waals surface area contributed by atoms with Gasteiger partial charge in [0.2, 0.25) is 0 Å². The monoisotopic (exact) mass is 203 g/mol. The Morgan fingerprint density at radius 3 is 3.00 bits per heavy atom. The number of nitrogens with zero attached hydrogens (tertiary/aromatic N) is 1. The summed E-state index contributed by atoms with van der Waals surface area (Å²) in [7, 11) is 0. The minimum absolute atomic E-state index is 0.317. The maximum atomic E-state index is 11.1. The summed E-state index contributed by atoms with van der Waals surface area (Å²) < 4.78 is 0. The molecule has 0 saturated heterocycles. The molecule has 1 aromatic heterocycles. The molecule has 0 fully saturated rings. The summed E-state index contributed by atoms with van der Waals surface area (Å²) >= 11 is 0. The largest absolute Gasteiger partial charge is 0.383 e. The molecule has 0 spiro atoms. The zero-order valence-corrected chi connectivity index (χ0v) is 8.58. The van der Waals surface area contributed by atoms with Crippen LogP contribution in [0.4, 0.5) is 5.82 Å². The lowest BCUT2D eigenvalue weighted by Crippen LogP contribution is -2.13. The topological polar surface area (TPSA) is 71.8 Å². The first kappa shape index (κ1) is 9.71. The van der Waals surface area contributed by atoms with Gasteiger partial charge in [-0.25, -0.2) is 4.79 Å². The van der Waals surface area contributed by atoms with Gasteiger partial charge in [-0.2, -0.15) is 4.98 Å². The first-order chi connectivity index (χ1) is 7.22. The Morgan fingerprint density at radius 1 is 1.47 bits per heavy atom. The van der Waals surface area contributed by atoms with E-state index >= 15 is 0 Å². The number of benzene rings is 1. The van der Waals surface area contributed by atoms with Crippen molar-refractivity contribution in [1.29, 1.82) is 0 Å². The number of nitrogen functional groups attached to an aromatic ring is 1. The van der Waals surface area contributed by atoms with Gasteiger partial charge in [-0.3, -0.25) is 0 Å². The Hall–Kier alpha value is -1.84. The van der Waals surface area contributed by atoms with E-state index in [9.17, 15) is 4.79 Å². The van der Waals surface area contributed by atoms with Crippen LogP contribution in [0.5, 0.6) is 0 Å². The third-order valence-corrected chi connectivity index (χ3v) is 2.39. The molecule has 3 N–H and O–H groups in total. The normalized spacial score (nSPS) is 10.7. The van der Waals surface area contributed by atoms with E-state index < -0.39 is 5.69 Å². The molecule has 0 amide bonds. The molecule has 2 rings (SSSR count). The van der Waals surface area contributed by atoms with Crippen molar-refractivity contribution in [2.24, 2.45) is 0 Å². The van der Waals surface area contributed by atoms with Crippen LogP contribution in [0, 0.1) is 0 Å². The fourth-order valence-electron chi connectivity index (χ4n) is 1.79. The van der Waals surface area contributed by atoms with E-state index in [1.807, 2.05) is 18.2 Å². The van der Waals surface area contributed by atoms with Crippen molar-refractivity contribution in [1.82, 2.24) is 9.97 Å². The number of hydrogen-bond donors (Lipinski definition) is 2. The highest BCUT2D eigenvalue weighted by Gasteiger charge is 2.05. The summed E-state index contributed by atoms with van der Waals surface area (Å²) in [6.07, 6.45) is 1.98. The number of nitrogens with two attached hydrogens (primary N) is 1. The lowest BCUT2D eigenvalue weighted by Gasteiger charge is -2.06. The predicted molar refractivity (Wildman–Crippen MR) is 60.8 cm³/mol. The van der Waals surface area contributed by atoms with E-state index in [0.29, 0.717) is 5.82 Å². The molecule has 78 valence electrons. The average Bonchev–Trinajstić information content (AvgIpc) is 2.17. The lowest BCUT2D eigenvalue weighted by molar-refractivity contribution is 0.928. The van der Waals surface area contributed by atoms with Crippen molar-refractivity contribution >= 4 is 16.7 Å². The van der Waals surface area contributed by atoms with Crippen molar-refractivity contribution in [2.75, 3.05) is 5.73 Å². The van der Waals surface area contributed by atoms with Gasteiger partial charge < -0.3 is 10.7 Å². The van der Waals surface area contributed by atoms with Crippen LogP contribution < -0.4 is 11.4 Å². The van der Waals surface area contributed by atoms with Gasteiger partial charge in [-0.15, -0.1) is 0 Å². The second-order valence-corrected chi connectivity index (χ2v) is 3.52. The SMILES string of the molecule is CCCc1cccc2[nH]c(=O)nc(N)c12. The second kappa shape index (κ2) is 3.73. The summed E-state index contributed by atoms with van der Waals surface area (Å²) in [5, 5.41) is 0.874. The van der Waals surface area contributed by atoms with Gasteiger partial charge in [0, 0.05) is 5.39 Å². The van der Waals surface area contributed by atoms with Crippen molar-refractivity contribution in [3.63, 3.8) is 0 Å². The Labute approximate surface area is 87.1 Å². The summed E-state index contributed by atoms with van der Waals surface area (Å²) in [6, 6.07) is 5.78. The molecule has 1 aromatic carbocycles. The Balaban J connectivity index is 2.79. The predicted octanol–water partition coefficient (Wildman–Crippen LogP) is 1.46. The quantitative estimate of drug-likeness (QED) is 0.776. The van der Waals surface area contributed by atoms with E-state index in [-0.39, 0.29) is 0 Å². The number of nitrogens with one attached hydrogen (secondary N) is 1. The van der Waals surface area contributed by atoms with E-state index in [0.717, 1.165) is 29.3 Å². The van der Waals surface area contributed by atoms with Crippen LogP contribution in [0.3, 0.4) is 0 Å². The molecule has 0 bridgehead atoms. The summed E-state index contributed by atoms with van der Waals surface area (Å²) in [5.74, 6) is 0.317. The molecule has 0 atom stereocenters. The Kier molecular flexibility index (Phi) is 2.41. The minimum Gasteiger partial charge on any atom is -0.383 e. The molecule has 0 unspecified atom stereocenters. The fraction of sp³-hybridized carbons (Fsp3) is 0.273. The van der Waals surface area contributed by atoms with Crippen molar-refractivity contribution < 1.29 is 0 Å². The molecule has 4 heteroatoms. The van der Waals surface area contributed by atoms with Crippen LogP contribution in [-0.4, -0.2) is 9.97 Å². The van der Waals surface area contributed by atoms with Crippen LogP contribution >= 0.6 is 0 Å². The number of hydrogen-bond acceptors (Lipinski definition) is 3. The van der Waals surface area contributed by atoms with E-state index in [1.165, 1.54) is 0 Å². The first-order valence-electron chi connectivity index (χ1n) is 4.99. The summed E-state index contributed by atoms with van der Waals surface area (Å²) in [6.45, 7) is 2.11. The molecule has 15 heavy (non-hydrogen) atoms. The number of anilines is 1. The van der Waals surface area contributed by atoms with Gasteiger partial charge in [0.1, 0.15) is 5.82 Å². The van der Waals surface area contributed by atoms with E-state index in [2.05, 4.69) is 16.9 Å². The maximum absolute atomic E-state index is 11.1. The Morgan fingerprint density at radius 2 is 2.27 bits per heavy atom. The van der Waals surface area contributed by atoms with Gasteiger partial charge in [0.25, 0.3) is 0 Å². The number of aryl methyl sites for hydroxylation is 1. The highest BCUT2D eigenvalue weighted by molar-refractivity contribution is 5.90. The maximum Gasteiger partial charge on any atom is 0.347 e. The highest BCUT2D eigenvalue weighted by Crippen LogP contribution is 2.21. The van der Waals surface area contributed by atoms with Crippen molar-refractivity contribution in [3.8, 4) is 0 Å². The van der Waals surface area contributed by atoms with Crippen LogP contribution in [0.15, 0.2) is 23.0 Å². The molecule has 4 nitrogen and oxygen atoms in total. The zero-order valence-electron chi connectivity index (χ0n) is 8.58. The second-order valence-electron chi connectivity index (χ2n) is 3.52. The van der Waals surface area contributed by atoms with Gasteiger partial charge in [-0.1, -0.05) is 25.5 Å². The van der Waals surface area contributed by atoms with Gasteiger partial charge in [-0.05, 0) is 18.1 Å². The summed E-state index contributed by atoms with van der Waals surface area (Å²) in [4.78, 5) is 17.5. The zero-order chi connectivity index (χ0) is 10.8. The van der Waals surface area contributed by atoms with Crippen LogP contribution in [0.25, 0.3) is 10.9 Å². The fourth-order valence-corrected chi connectivity index (χ4v) is 1.79. The standard InChI is InChI=1S/C11H13N3O/c1-2-4-7-5-3-6-8-9(7)10(12)14-11(15)13-8/h3,5-6H,2,4H2,1H3,(H3,12,13,14,15). The van der Waals surface area contributed by atoms with Crippen LogP contribution in [0.2, 0.25) is 0 Å². The number of rotatable bonds is 2. The highest BCUT2D eigenvalue weighted by atomic mass is 16.1. The smallest absolute Gasteiger partial charge is 0.347 e. The number of fused-ring (bicyclic) bond motifs is 1. The van der Waals surface area contributed by atoms with Crippen molar-refractivity contribution in [3.05, 3.63) is 34.2 Å². The average molecular weight is 203 g/mol. The van der Waals surface area contributed by atoms with Crippen LogP contribution in [0.1, 0.15) is 18.9 Å². The molecule has 0 saturated carbocycles. The van der Waals surface area contributed by atoms with Crippen molar-refractivity contribution in [2.45, 2.75) is 19.8 Å². The lowest BCUT2D eigenvalue weighted by atomic mass is 10.0. The first-order valence-corrected chi connectivity index (χ1v) is 4.99. The Bertz CT molecular complexity index is 545. The molecular weight excluding hydrogens is 190 g/mol. The number of aromatic amines is 1. The third kappa shape index (κ3) is 1.70. The third-order valence-electron chi connectivity index (χ3n) is 2.39. The number of H-pyrrole nitrogens is 1. The van der Waals surface area contributed by atoms with Gasteiger partial charge in [0.15, 0.2) is 0 Å². The molecule has 1 heterocycles. The number of aromatic nitrogens is 2. The molecule has 0 aliphatic carbocycles. The van der Waals surface area contributed by atoms with E-state index in [1.54, 1.807) is 0 Å². The van der Waals surface area contributed by atoms with Gasteiger partial charge >= 0.3 is 5.69 Å². The molecule has 0 radical (unpaired) electrons. The minimum atomic E-state index is -0.395.